The molecule has 0 saturated carbocycles. The maximum absolute atomic E-state index is 11.9. The van der Waals surface area contributed by atoms with Crippen LogP contribution < -0.4 is 10.6 Å². The minimum absolute atomic E-state index is 0.374. The van der Waals surface area contributed by atoms with E-state index in [1.807, 2.05) is 0 Å². The molecule has 0 aliphatic heterocycles. The second-order valence-electron chi connectivity index (χ2n) is 5.20. The van der Waals surface area contributed by atoms with Crippen LogP contribution in [0.3, 0.4) is 0 Å². The van der Waals surface area contributed by atoms with Crippen LogP contribution in [0.5, 0.6) is 0 Å². The van der Waals surface area contributed by atoms with Crippen LogP contribution >= 0.6 is 15.9 Å². The fourth-order valence-electron chi connectivity index (χ4n) is 1.26. The van der Waals surface area contributed by atoms with Crippen molar-refractivity contribution in [2.24, 2.45) is 0 Å². The molecule has 6 nitrogen and oxygen atoms in total. The first kappa shape index (κ1) is 16.4. The van der Waals surface area contributed by atoms with Gasteiger partial charge in [0.25, 0.3) is 0 Å². The van der Waals surface area contributed by atoms with Crippen molar-refractivity contribution in [2.75, 3.05) is 5.32 Å². The number of hydrogen-bond acceptors (Lipinski definition) is 4. The predicted octanol–water partition coefficient (Wildman–Crippen LogP) is 2.70. The maximum atomic E-state index is 11.9. The first-order valence-corrected chi connectivity index (χ1v) is 6.89. The van der Waals surface area contributed by atoms with Gasteiger partial charge < -0.3 is 15.4 Å². The Balaban J connectivity index is 2.53. The van der Waals surface area contributed by atoms with Crippen LogP contribution in [0.25, 0.3) is 0 Å². The highest BCUT2D eigenvalue weighted by Gasteiger charge is 2.21. The summed E-state index contributed by atoms with van der Waals surface area (Å²) in [6, 6.07) is 4.42. The number of aromatic nitrogens is 1. The zero-order valence-corrected chi connectivity index (χ0v) is 13.4. The summed E-state index contributed by atoms with van der Waals surface area (Å²) in [5, 5.41) is 5.06. The Labute approximate surface area is 126 Å². The van der Waals surface area contributed by atoms with Crippen LogP contribution in [0.1, 0.15) is 27.7 Å². The molecule has 1 aromatic rings. The number of pyridine rings is 1. The number of carbonyl (C=O) groups excluding carboxylic acids is 2. The fourth-order valence-corrected chi connectivity index (χ4v) is 1.61. The molecule has 0 aliphatic carbocycles. The number of halogens is 1. The van der Waals surface area contributed by atoms with Gasteiger partial charge in [0, 0.05) is 0 Å². The normalized spacial score (nSPS) is 12.4. The number of carbonyl (C=O) groups is 2. The van der Waals surface area contributed by atoms with Crippen LogP contribution in [0, 0.1) is 0 Å². The Morgan fingerprint density at radius 2 is 2.00 bits per heavy atom. The van der Waals surface area contributed by atoms with Crippen LogP contribution in [0.2, 0.25) is 0 Å². The van der Waals surface area contributed by atoms with Crippen LogP contribution in [0.4, 0.5) is 10.6 Å². The fraction of sp³-hybridized carbons (Fsp3) is 0.462. The van der Waals surface area contributed by atoms with Gasteiger partial charge in [0.05, 0.1) is 0 Å². The third-order valence-corrected chi connectivity index (χ3v) is 2.53. The highest BCUT2D eigenvalue weighted by atomic mass is 79.9. The van der Waals surface area contributed by atoms with Gasteiger partial charge in [-0.15, -0.1) is 0 Å². The van der Waals surface area contributed by atoms with Crippen molar-refractivity contribution in [3.63, 3.8) is 0 Å². The molecule has 2 amide bonds. The van der Waals surface area contributed by atoms with E-state index in [9.17, 15) is 9.59 Å². The van der Waals surface area contributed by atoms with E-state index in [0.29, 0.717) is 10.4 Å². The molecule has 0 spiro atoms. The van der Waals surface area contributed by atoms with Crippen molar-refractivity contribution in [1.82, 2.24) is 10.3 Å². The van der Waals surface area contributed by atoms with E-state index in [-0.39, 0.29) is 5.91 Å². The van der Waals surface area contributed by atoms with Crippen molar-refractivity contribution in [3.05, 3.63) is 22.8 Å². The van der Waals surface area contributed by atoms with E-state index >= 15 is 0 Å². The highest BCUT2D eigenvalue weighted by Crippen LogP contribution is 2.10. The number of alkyl carbamates (subject to hydrolysis) is 1. The summed E-state index contributed by atoms with van der Waals surface area (Å²) >= 11 is 3.21. The zero-order chi connectivity index (χ0) is 15.3. The minimum Gasteiger partial charge on any atom is -0.444 e. The number of nitrogens with zero attached hydrogens (tertiary/aromatic N) is 1. The number of ether oxygens (including phenoxy) is 1. The van der Waals surface area contributed by atoms with Crippen molar-refractivity contribution in [3.8, 4) is 0 Å². The Kier molecular flexibility index (Phi) is 5.50. The van der Waals surface area contributed by atoms with Gasteiger partial charge >= 0.3 is 6.09 Å². The van der Waals surface area contributed by atoms with E-state index in [0.717, 1.165) is 0 Å². The molecule has 0 fully saturated rings. The quantitative estimate of drug-likeness (QED) is 0.827. The predicted molar refractivity (Wildman–Crippen MR) is 79.4 cm³/mol. The molecule has 1 aromatic heterocycles. The molecule has 1 unspecified atom stereocenters. The average Bonchev–Trinajstić information content (AvgIpc) is 2.25. The SMILES string of the molecule is CC(NC(=O)OC(C)(C)C)C(=O)Nc1cccc(Br)n1. The molecule has 0 saturated heterocycles. The summed E-state index contributed by atoms with van der Waals surface area (Å²) in [5.74, 6) is 0.0312. The van der Waals surface area contributed by atoms with Gasteiger partial charge in [0.15, 0.2) is 0 Å². The Hall–Kier alpha value is -1.63. The summed E-state index contributed by atoms with van der Waals surface area (Å²) in [5.41, 5.74) is -0.605. The lowest BCUT2D eigenvalue weighted by molar-refractivity contribution is -0.117. The maximum Gasteiger partial charge on any atom is 0.408 e. The summed E-state index contributed by atoms with van der Waals surface area (Å²) < 4.78 is 5.69. The molecule has 1 heterocycles. The molecular formula is C13H18BrN3O3. The summed E-state index contributed by atoms with van der Waals surface area (Å²) in [4.78, 5) is 27.5. The minimum atomic E-state index is -0.731. The number of hydrogen-bond donors (Lipinski definition) is 2. The number of anilines is 1. The van der Waals surface area contributed by atoms with E-state index in [1.54, 1.807) is 45.9 Å². The van der Waals surface area contributed by atoms with Gasteiger partial charge in [0.1, 0.15) is 22.1 Å². The monoisotopic (exact) mass is 343 g/mol. The Morgan fingerprint density at radius 3 is 2.55 bits per heavy atom. The molecule has 1 rings (SSSR count). The van der Waals surface area contributed by atoms with E-state index < -0.39 is 17.7 Å². The van der Waals surface area contributed by atoms with Gasteiger partial charge in [-0.1, -0.05) is 6.07 Å². The Bertz CT molecular complexity index is 500. The third-order valence-electron chi connectivity index (χ3n) is 2.09. The summed E-state index contributed by atoms with van der Waals surface area (Å²) in [6.07, 6.45) is -0.637. The van der Waals surface area contributed by atoms with Gasteiger partial charge in [-0.05, 0) is 55.8 Å². The molecular weight excluding hydrogens is 326 g/mol. The zero-order valence-electron chi connectivity index (χ0n) is 11.9. The number of rotatable bonds is 3. The molecule has 0 aliphatic rings. The topological polar surface area (TPSA) is 80.3 Å². The highest BCUT2D eigenvalue weighted by molar-refractivity contribution is 9.10. The molecule has 0 bridgehead atoms. The van der Waals surface area contributed by atoms with Crippen LogP contribution in [0.15, 0.2) is 22.8 Å². The van der Waals surface area contributed by atoms with Crippen molar-refractivity contribution in [2.45, 2.75) is 39.3 Å². The second-order valence-corrected chi connectivity index (χ2v) is 6.02. The lowest BCUT2D eigenvalue weighted by atomic mass is 10.2. The average molecular weight is 344 g/mol. The lowest BCUT2D eigenvalue weighted by Crippen LogP contribution is -2.44. The number of amides is 2. The first-order chi connectivity index (χ1) is 9.17. The molecule has 2 N–H and O–H groups in total. The van der Waals surface area contributed by atoms with Gasteiger partial charge in [-0.3, -0.25) is 4.79 Å². The smallest absolute Gasteiger partial charge is 0.408 e. The molecule has 0 aromatic carbocycles. The summed E-state index contributed by atoms with van der Waals surface area (Å²) in [6.45, 7) is 6.82. The first-order valence-electron chi connectivity index (χ1n) is 6.10. The van der Waals surface area contributed by atoms with Gasteiger partial charge in [0.2, 0.25) is 5.91 Å². The van der Waals surface area contributed by atoms with E-state index in [1.165, 1.54) is 0 Å². The standard InChI is InChI=1S/C13H18BrN3O3/c1-8(15-12(19)20-13(2,3)4)11(18)17-10-7-5-6-9(14)16-10/h5-8H,1-4H3,(H,15,19)(H,16,17,18). The molecule has 1 atom stereocenters. The van der Waals surface area contributed by atoms with Crippen molar-refractivity contribution >= 4 is 33.7 Å². The second kappa shape index (κ2) is 6.69. The summed E-state index contributed by atoms with van der Waals surface area (Å²) in [7, 11) is 0. The third kappa shape index (κ3) is 6.01. The van der Waals surface area contributed by atoms with E-state index in [2.05, 4.69) is 31.5 Å². The Morgan fingerprint density at radius 1 is 1.35 bits per heavy atom. The molecule has 0 radical (unpaired) electrons. The molecule has 110 valence electrons. The van der Waals surface area contributed by atoms with Gasteiger partial charge in [-0.25, -0.2) is 9.78 Å². The van der Waals surface area contributed by atoms with Crippen molar-refractivity contribution in [1.29, 1.82) is 0 Å². The van der Waals surface area contributed by atoms with Gasteiger partial charge in [-0.2, -0.15) is 0 Å². The molecule has 7 heteroatoms. The lowest BCUT2D eigenvalue weighted by Gasteiger charge is -2.21. The van der Waals surface area contributed by atoms with Crippen LogP contribution in [-0.2, 0) is 9.53 Å². The largest absolute Gasteiger partial charge is 0.444 e. The number of nitrogens with one attached hydrogen (secondary N) is 2. The van der Waals surface area contributed by atoms with Crippen LogP contribution in [-0.4, -0.2) is 28.6 Å². The molecule has 20 heavy (non-hydrogen) atoms. The van der Waals surface area contributed by atoms with E-state index in [4.69, 9.17) is 4.74 Å². The van der Waals surface area contributed by atoms with Crippen molar-refractivity contribution < 1.29 is 14.3 Å².